The lowest BCUT2D eigenvalue weighted by atomic mass is 9.84. The summed E-state index contributed by atoms with van der Waals surface area (Å²) in [6, 6.07) is 0. The van der Waals surface area contributed by atoms with E-state index in [0.29, 0.717) is 5.70 Å². The molecule has 0 aromatic heterocycles. The zero-order chi connectivity index (χ0) is 12.0. The lowest BCUT2D eigenvalue weighted by molar-refractivity contribution is -0.125. The molecule has 1 N–H and O–H groups in total. The van der Waals surface area contributed by atoms with E-state index in [-0.39, 0.29) is 23.0 Å². The van der Waals surface area contributed by atoms with Crippen LogP contribution in [0.2, 0.25) is 0 Å². The highest BCUT2D eigenvalue weighted by Gasteiger charge is 2.57. The first-order chi connectivity index (χ1) is 8.15. The molecule has 2 aliphatic carbocycles. The first-order valence-electron chi connectivity index (χ1n) is 6.72. The minimum absolute atomic E-state index is 0.0640. The van der Waals surface area contributed by atoms with Crippen LogP contribution in [0.3, 0.4) is 0 Å². The molecule has 2 saturated carbocycles. The number of nitrogens with one attached hydrogen (secondary N) is 1. The molecule has 0 unspecified atom stereocenters. The Balaban J connectivity index is 1.82. The second-order valence-corrected chi connectivity index (χ2v) is 5.74. The molecule has 3 aliphatic rings. The fourth-order valence-electron chi connectivity index (χ4n) is 3.28. The second-order valence-electron chi connectivity index (χ2n) is 5.74. The maximum Gasteiger partial charge on any atom is 0.234 e. The maximum absolute atomic E-state index is 12.4. The number of rotatable bonds is 2. The Morgan fingerprint density at radius 1 is 1.24 bits per heavy atom. The fourth-order valence-corrected chi connectivity index (χ4v) is 3.28. The molecular weight excluding hydrogens is 214 g/mol. The highest BCUT2D eigenvalue weighted by atomic mass is 16.2. The van der Waals surface area contributed by atoms with Crippen LogP contribution in [-0.4, -0.2) is 11.7 Å². The van der Waals surface area contributed by atoms with Crippen molar-refractivity contribution in [1.29, 1.82) is 0 Å². The van der Waals surface area contributed by atoms with Crippen molar-refractivity contribution >= 4 is 11.7 Å². The summed E-state index contributed by atoms with van der Waals surface area (Å²) in [5.41, 5.74) is 1.37. The van der Waals surface area contributed by atoms with E-state index in [4.69, 9.17) is 0 Å². The molecule has 1 heterocycles. The molecule has 92 valence electrons. The topological polar surface area (TPSA) is 46.2 Å². The van der Waals surface area contributed by atoms with E-state index in [1.807, 2.05) is 6.92 Å². The van der Waals surface area contributed by atoms with Crippen LogP contribution in [0.4, 0.5) is 0 Å². The Morgan fingerprint density at radius 2 is 1.88 bits per heavy atom. The van der Waals surface area contributed by atoms with Gasteiger partial charge in [0.25, 0.3) is 0 Å². The molecule has 17 heavy (non-hydrogen) atoms. The monoisotopic (exact) mass is 233 g/mol. The molecule has 1 spiro atoms. The van der Waals surface area contributed by atoms with Gasteiger partial charge in [-0.2, -0.15) is 0 Å². The number of ketones is 1. The third kappa shape index (κ3) is 1.55. The van der Waals surface area contributed by atoms with Gasteiger partial charge in [-0.25, -0.2) is 0 Å². The molecule has 1 amide bonds. The van der Waals surface area contributed by atoms with E-state index in [0.717, 1.165) is 44.1 Å². The van der Waals surface area contributed by atoms with E-state index in [2.05, 4.69) is 5.32 Å². The lowest BCUT2D eigenvalue weighted by Crippen LogP contribution is -2.29. The van der Waals surface area contributed by atoms with Crippen LogP contribution in [0, 0.1) is 11.3 Å². The van der Waals surface area contributed by atoms with E-state index >= 15 is 0 Å². The molecular formula is C14H19NO2. The van der Waals surface area contributed by atoms with Crippen LogP contribution in [0.5, 0.6) is 0 Å². The Morgan fingerprint density at radius 3 is 2.41 bits per heavy atom. The Hall–Kier alpha value is -1.12. The SMILES string of the molecule is CC1=C(C(=O)C2CCCCC2)NC(=O)C12CC2. The van der Waals surface area contributed by atoms with E-state index in [1.54, 1.807) is 0 Å². The molecule has 2 fully saturated rings. The molecule has 0 aromatic rings. The molecule has 0 radical (unpaired) electrons. The molecule has 3 heteroatoms. The van der Waals surface area contributed by atoms with Crippen LogP contribution in [0.15, 0.2) is 11.3 Å². The molecule has 0 bridgehead atoms. The van der Waals surface area contributed by atoms with Crippen LogP contribution in [0.25, 0.3) is 0 Å². The predicted octanol–water partition coefficient (Wildman–Crippen LogP) is 2.32. The predicted molar refractivity (Wildman–Crippen MR) is 64.1 cm³/mol. The number of hydrogen-bond acceptors (Lipinski definition) is 2. The van der Waals surface area contributed by atoms with Crippen molar-refractivity contribution in [2.24, 2.45) is 11.3 Å². The van der Waals surface area contributed by atoms with Gasteiger partial charge in [-0.3, -0.25) is 9.59 Å². The first-order valence-corrected chi connectivity index (χ1v) is 6.72. The number of carbonyl (C=O) groups is 2. The average Bonchev–Trinajstić information content (AvgIpc) is 3.12. The Labute approximate surface area is 102 Å². The number of hydrogen-bond donors (Lipinski definition) is 1. The third-order valence-corrected chi connectivity index (χ3v) is 4.74. The Bertz CT molecular complexity index is 412. The number of allylic oxidation sites excluding steroid dienone is 1. The smallest absolute Gasteiger partial charge is 0.234 e. The number of Topliss-reactive ketones (excluding diaryl/α,β-unsaturated/α-hetero) is 1. The van der Waals surface area contributed by atoms with Crippen molar-refractivity contribution < 1.29 is 9.59 Å². The summed E-state index contributed by atoms with van der Waals surface area (Å²) >= 11 is 0. The van der Waals surface area contributed by atoms with Gasteiger partial charge in [0.05, 0.1) is 11.1 Å². The summed E-state index contributed by atoms with van der Waals surface area (Å²) < 4.78 is 0. The zero-order valence-electron chi connectivity index (χ0n) is 10.3. The molecule has 0 aromatic carbocycles. The van der Waals surface area contributed by atoms with Gasteiger partial charge >= 0.3 is 0 Å². The summed E-state index contributed by atoms with van der Waals surface area (Å²) in [5, 5.41) is 2.84. The summed E-state index contributed by atoms with van der Waals surface area (Å²) in [4.78, 5) is 24.3. The van der Waals surface area contributed by atoms with Gasteiger partial charge in [-0.15, -0.1) is 0 Å². The second kappa shape index (κ2) is 3.69. The molecule has 0 atom stereocenters. The van der Waals surface area contributed by atoms with Crippen molar-refractivity contribution in [3.05, 3.63) is 11.3 Å². The third-order valence-electron chi connectivity index (χ3n) is 4.74. The van der Waals surface area contributed by atoms with Crippen LogP contribution in [0.1, 0.15) is 51.9 Å². The minimum Gasteiger partial charge on any atom is -0.322 e. The van der Waals surface area contributed by atoms with Crippen molar-refractivity contribution in [2.75, 3.05) is 0 Å². The summed E-state index contributed by atoms with van der Waals surface area (Å²) in [6.45, 7) is 1.96. The minimum atomic E-state index is -0.278. The molecule has 1 aliphatic heterocycles. The summed E-state index contributed by atoms with van der Waals surface area (Å²) in [6.07, 6.45) is 7.40. The van der Waals surface area contributed by atoms with Crippen molar-refractivity contribution in [3.8, 4) is 0 Å². The van der Waals surface area contributed by atoms with Gasteiger partial charge in [0, 0.05) is 5.92 Å². The van der Waals surface area contributed by atoms with Gasteiger partial charge in [0.2, 0.25) is 5.91 Å². The van der Waals surface area contributed by atoms with Gasteiger partial charge in [-0.05, 0) is 38.2 Å². The molecule has 0 saturated heterocycles. The quantitative estimate of drug-likeness (QED) is 0.795. The highest BCUT2D eigenvalue weighted by molar-refractivity contribution is 6.07. The Kier molecular flexibility index (Phi) is 2.39. The zero-order valence-corrected chi connectivity index (χ0v) is 10.3. The molecule has 3 rings (SSSR count). The van der Waals surface area contributed by atoms with Crippen LogP contribution >= 0.6 is 0 Å². The van der Waals surface area contributed by atoms with Gasteiger partial charge in [0.15, 0.2) is 5.78 Å². The van der Waals surface area contributed by atoms with E-state index in [1.165, 1.54) is 6.42 Å². The van der Waals surface area contributed by atoms with Gasteiger partial charge in [0.1, 0.15) is 0 Å². The maximum atomic E-state index is 12.4. The average molecular weight is 233 g/mol. The van der Waals surface area contributed by atoms with Crippen LogP contribution < -0.4 is 5.32 Å². The fraction of sp³-hybridized carbons (Fsp3) is 0.714. The van der Waals surface area contributed by atoms with E-state index in [9.17, 15) is 9.59 Å². The number of amides is 1. The van der Waals surface area contributed by atoms with Crippen molar-refractivity contribution in [1.82, 2.24) is 5.32 Å². The standard InChI is InChI=1S/C14H19NO2/c1-9-11(15-13(17)14(9)7-8-14)12(16)10-5-3-2-4-6-10/h10H,2-8H2,1H3,(H,15,17). The van der Waals surface area contributed by atoms with Crippen LogP contribution in [-0.2, 0) is 9.59 Å². The van der Waals surface area contributed by atoms with Gasteiger partial charge in [-0.1, -0.05) is 19.3 Å². The largest absolute Gasteiger partial charge is 0.322 e. The highest BCUT2D eigenvalue weighted by Crippen LogP contribution is 2.55. The van der Waals surface area contributed by atoms with E-state index < -0.39 is 0 Å². The number of carbonyl (C=O) groups excluding carboxylic acids is 2. The van der Waals surface area contributed by atoms with Gasteiger partial charge < -0.3 is 5.32 Å². The first kappa shape index (κ1) is 11.0. The van der Waals surface area contributed by atoms with Crippen molar-refractivity contribution in [3.63, 3.8) is 0 Å². The van der Waals surface area contributed by atoms with Crippen molar-refractivity contribution in [2.45, 2.75) is 51.9 Å². The lowest BCUT2D eigenvalue weighted by Gasteiger charge is -2.20. The normalized spacial score (nSPS) is 27.5. The summed E-state index contributed by atoms with van der Waals surface area (Å²) in [7, 11) is 0. The molecule has 3 nitrogen and oxygen atoms in total. The summed E-state index contributed by atoms with van der Waals surface area (Å²) in [5.74, 6) is 0.413.